The Morgan fingerprint density at radius 2 is 2.38 bits per heavy atom. The first-order valence-corrected chi connectivity index (χ1v) is 6.03. The lowest BCUT2D eigenvalue weighted by Gasteiger charge is -1.94. The molecule has 2 aromatic heterocycles. The van der Waals surface area contributed by atoms with Gasteiger partial charge < -0.3 is 0 Å². The van der Waals surface area contributed by atoms with E-state index in [0.29, 0.717) is 12.0 Å². The second-order valence-corrected chi connectivity index (χ2v) is 4.60. The summed E-state index contributed by atoms with van der Waals surface area (Å²) in [6.45, 7) is 4.71. The van der Waals surface area contributed by atoms with Crippen molar-refractivity contribution in [3.05, 3.63) is 34.0 Å². The molecule has 0 aliphatic carbocycles. The molecule has 5 heteroatoms. The van der Waals surface area contributed by atoms with Crippen LogP contribution < -0.4 is 0 Å². The van der Waals surface area contributed by atoms with E-state index in [0.717, 1.165) is 17.2 Å². The number of hydrogen-bond acceptors (Lipinski definition) is 4. The predicted octanol–water partition coefficient (Wildman–Crippen LogP) is 2.09. The maximum absolute atomic E-state index is 11.9. The highest BCUT2D eigenvalue weighted by atomic mass is 32.1. The molecule has 4 nitrogen and oxygen atoms in total. The summed E-state index contributed by atoms with van der Waals surface area (Å²) in [5.41, 5.74) is 1.50. The van der Waals surface area contributed by atoms with Crippen LogP contribution in [0.3, 0.4) is 0 Å². The summed E-state index contributed by atoms with van der Waals surface area (Å²) in [7, 11) is 0. The van der Waals surface area contributed by atoms with E-state index in [1.165, 1.54) is 0 Å². The highest BCUT2D eigenvalue weighted by molar-refractivity contribution is 7.09. The van der Waals surface area contributed by atoms with Gasteiger partial charge in [-0.3, -0.25) is 9.48 Å². The number of aryl methyl sites for hydroxylation is 2. The molecule has 0 unspecified atom stereocenters. The van der Waals surface area contributed by atoms with Crippen molar-refractivity contribution in [2.45, 2.75) is 26.8 Å². The molecular weight excluding hydrogens is 222 g/mol. The Labute approximate surface area is 97.9 Å². The van der Waals surface area contributed by atoms with Crippen molar-refractivity contribution < 1.29 is 4.79 Å². The van der Waals surface area contributed by atoms with Gasteiger partial charge in [-0.25, -0.2) is 4.98 Å². The Morgan fingerprint density at radius 3 is 2.94 bits per heavy atom. The van der Waals surface area contributed by atoms with Crippen molar-refractivity contribution in [2.24, 2.45) is 0 Å². The summed E-state index contributed by atoms with van der Waals surface area (Å²) < 4.78 is 1.75. The molecule has 2 aromatic rings. The first-order valence-electron chi connectivity index (χ1n) is 5.15. The molecule has 0 bridgehead atoms. The maximum atomic E-state index is 11.9. The topological polar surface area (TPSA) is 47.8 Å². The van der Waals surface area contributed by atoms with Gasteiger partial charge in [0, 0.05) is 18.1 Å². The number of hydrogen-bond donors (Lipinski definition) is 0. The van der Waals surface area contributed by atoms with Crippen LogP contribution in [0.4, 0.5) is 0 Å². The van der Waals surface area contributed by atoms with E-state index in [2.05, 4.69) is 10.1 Å². The Kier molecular flexibility index (Phi) is 3.14. The number of thiazole rings is 1. The first-order chi connectivity index (χ1) is 7.69. The van der Waals surface area contributed by atoms with Gasteiger partial charge >= 0.3 is 0 Å². The number of rotatable bonds is 4. The van der Waals surface area contributed by atoms with Gasteiger partial charge in [0.25, 0.3) is 0 Å². The molecular formula is C11H13N3OS. The van der Waals surface area contributed by atoms with Crippen LogP contribution in [0.5, 0.6) is 0 Å². The van der Waals surface area contributed by atoms with Crippen molar-refractivity contribution in [1.29, 1.82) is 0 Å². The monoisotopic (exact) mass is 235 g/mol. The predicted molar refractivity (Wildman–Crippen MR) is 62.8 cm³/mol. The lowest BCUT2D eigenvalue weighted by molar-refractivity contribution is 0.0992. The number of aromatic nitrogens is 3. The fraction of sp³-hybridized carbons (Fsp3) is 0.364. The zero-order valence-corrected chi connectivity index (χ0v) is 10.1. The van der Waals surface area contributed by atoms with Gasteiger partial charge in [-0.2, -0.15) is 5.10 Å². The van der Waals surface area contributed by atoms with Gasteiger partial charge in [-0.05, 0) is 13.8 Å². The van der Waals surface area contributed by atoms with Crippen molar-refractivity contribution in [3.63, 3.8) is 0 Å². The molecule has 0 N–H and O–H groups in total. The quantitative estimate of drug-likeness (QED) is 0.762. The SMILES string of the molecule is CCn1cc(C(=O)Cc2csc(C)n2)cn1. The van der Waals surface area contributed by atoms with E-state index in [1.807, 2.05) is 19.2 Å². The summed E-state index contributed by atoms with van der Waals surface area (Å²) >= 11 is 1.57. The minimum atomic E-state index is 0.0741. The number of ketones is 1. The Bertz CT molecular complexity index is 501. The fourth-order valence-electron chi connectivity index (χ4n) is 1.44. The van der Waals surface area contributed by atoms with Crippen LogP contribution >= 0.6 is 11.3 Å². The summed E-state index contributed by atoms with van der Waals surface area (Å²) in [5, 5.41) is 7.00. The zero-order chi connectivity index (χ0) is 11.5. The molecule has 16 heavy (non-hydrogen) atoms. The molecule has 2 rings (SSSR count). The Morgan fingerprint density at radius 1 is 1.56 bits per heavy atom. The van der Waals surface area contributed by atoms with Gasteiger partial charge in [0.05, 0.1) is 28.9 Å². The van der Waals surface area contributed by atoms with Gasteiger partial charge in [-0.1, -0.05) is 0 Å². The molecule has 2 heterocycles. The number of nitrogens with zero attached hydrogens (tertiary/aromatic N) is 3. The largest absolute Gasteiger partial charge is 0.294 e. The first kappa shape index (κ1) is 11.0. The van der Waals surface area contributed by atoms with Gasteiger partial charge in [0.15, 0.2) is 5.78 Å². The lowest BCUT2D eigenvalue weighted by atomic mass is 10.1. The fourth-order valence-corrected chi connectivity index (χ4v) is 2.05. The van der Waals surface area contributed by atoms with Crippen molar-refractivity contribution in [1.82, 2.24) is 14.8 Å². The van der Waals surface area contributed by atoms with Crippen LogP contribution in [0.1, 0.15) is 28.0 Å². The van der Waals surface area contributed by atoms with Crippen LogP contribution in [-0.2, 0) is 13.0 Å². The smallest absolute Gasteiger partial charge is 0.171 e. The third-order valence-electron chi connectivity index (χ3n) is 2.29. The minimum absolute atomic E-state index is 0.0741. The molecule has 0 saturated heterocycles. The zero-order valence-electron chi connectivity index (χ0n) is 9.30. The molecule has 0 radical (unpaired) electrons. The van der Waals surface area contributed by atoms with Crippen LogP contribution in [0.25, 0.3) is 0 Å². The van der Waals surface area contributed by atoms with Gasteiger partial charge in [-0.15, -0.1) is 11.3 Å². The third kappa shape index (κ3) is 2.36. The average Bonchev–Trinajstić information content (AvgIpc) is 2.87. The highest BCUT2D eigenvalue weighted by Gasteiger charge is 2.11. The van der Waals surface area contributed by atoms with E-state index >= 15 is 0 Å². The Hall–Kier alpha value is -1.49. The van der Waals surface area contributed by atoms with Gasteiger partial charge in [0.1, 0.15) is 0 Å². The summed E-state index contributed by atoms with van der Waals surface area (Å²) in [5.74, 6) is 0.0741. The van der Waals surface area contributed by atoms with Crippen LogP contribution in [0.15, 0.2) is 17.8 Å². The van der Waals surface area contributed by atoms with E-state index in [4.69, 9.17) is 0 Å². The van der Waals surface area contributed by atoms with Gasteiger partial charge in [0.2, 0.25) is 0 Å². The molecule has 0 spiro atoms. The molecule has 84 valence electrons. The normalized spacial score (nSPS) is 10.6. The standard InChI is InChI=1S/C11H13N3OS/c1-3-14-6-9(5-12-14)11(15)4-10-7-16-8(2)13-10/h5-7H,3-4H2,1-2H3. The number of Topliss-reactive ketones (excluding diaryl/α,β-unsaturated/α-hetero) is 1. The minimum Gasteiger partial charge on any atom is -0.294 e. The molecule has 0 amide bonds. The summed E-state index contributed by atoms with van der Waals surface area (Å²) in [6.07, 6.45) is 3.76. The highest BCUT2D eigenvalue weighted by Crippen LogP contribution is 2.11. The second kappa shape index (κ2) is 4.57. The van der Waals surface area contributed by atoms with Crippen LogP contribution in [0, 0.1) is 6.92 Å². The van der Waals surface area contributed by atoms with Crippen molar-refractivity contribution in [3.8, 4) is 0 Å². The molecule has 0 aliphatic heterocycles. The third-order valence-corrected chi connectivity index (χ3v) is 3.11. The number of carbonyl (C=O) groups excluding carboxylic acids is 1. The number of carbonyl (C=O) groups is 1. The summed E-state index contributed by atoms with van der Waals surface area (Å²) in [6, 6.07) is 0. The molecule has 0 aromatic carbocycles. The molecule has 0 aliphatic rings. The van der Waals surface area contributed by atoms with Crippen LogP contribution in [0.2, 0.25) is 0 Å². The Balaban J connectivity index is 2.08. The van der Waals surface area contributed by atoms with Crippen molar-refractivity contribution in [2.75, 3.05) is 0 Å². The molecule has 0 fully saturated rings. The summed E-state index contributed by atoms with van der Waals surface area (Å²) in [4.78, 5) is 16.1. The maximum Gasteiger partial charge on any atom is 0.171 e. The van der Waals surface area contributed by atoms with Crippen LogP contribution in [-0.4, -0.2) is 20.5 Å². The average molecular weight is 235 g/mol. The molecule has 0 saturated carbocycles. The lowest BCUT2D eigenvalue weighted by Crippen LogP contribution is -2.03. The van der Waals surface area contributed by atoms with E-state index in [-0.39, 0.29) is 5.78 Å². The van der Waals surface area contributed by atoms with E-state index < -0.39 is 0 Å². The second-order valence-electron chi connectivity index (χ2n) is 3.54. The van der Waals surface area contributed by atoms with E-state index in [9.17, 15) is 4.79 Å². The van der Waals surface area contributed by atoms with E-state index in [1.54, 1.807) is 28.4 Å². The molecule has 0 atom stereocenters. The van der Waals surface area contributed by atoms with Crippen molar-refractivity contribution >= 4 is 17.1 Å².